The van der Waals surface area contributed by atoms with Gasteiger partial charge in [0.25, 0.3) is 0 Å². The van der Waals surface area contributed by atoms with E-state index < -0.39 is 0 Å². The van der Waals surface area contributed by atoms with Gasteiger partial charge in [0.1, 0.15) is 0 Å². The largest absolute Gasteiger partial charge is 0.0622 e. The van der Waals surface area contributed by atoms with Crippen molar-refractivity contribution in [3.8, 4) is 44.5 Å². The lowest BCUT2D eigenvalue weighted by molar-refractivity contribution is 1.65. The fourth-order valence-electron chi connectivity index (χ4n) is 8.65. The topological polar surface area (TPSA) is 0 Å². The molecule has 11 aromatic rings. The van der Waals surface area contributed by atoms with Gasteiger partial charge < -0.3 is 0 Å². The van der Waals surface area contributed by atoms with Gasteiger partial charge in [-0.2, -0.15) is 0 Å². The van der Waals surface area contributed by atoms with Crippen LogP contribution in [0.2, 0.25) is 0 Å². The lowest BCUT2D eigenvalue weighted by Crippen LogP contribution is -1.91. The Morgan fingerprint density at radius 2 is 0.357 bits per heavy atom. The second-order valence-electron chi connectivity index (χ2n) is 14.3. The predicted molar refractivity (Wildman–Crippen MR) is 242 cm³/mol. The van der Waals surface area contributed by atoms with Crippen LogP contribution in [0.1, 0.15) is 0 Å². The number of fused-ring (bicyclic) bond motifs is 5. The fraction of sp³-hybridized carbons (Fsp3) is 0. The summed E-state index contributed by atoms with van der Waals surface area (Å²) < 4.78 is 0. The summed E-state index contributed by atoms with van der Waals surface area (Å²) in [7, 11) is 0. The standard InChI is InChI=1S/C30H20.C26H18/c1-3-11-21(12-4-1)29-25-17-9-10-18-26(25)30(22-13-5-2-6-14-22)28-20-24-16-8-7-15-23(24)19-27(28)29;1-3-11-19(12-4-1)25-21-15-7-9-17-23(21)26(20-13-5-2-6-14-20)24-18-10-8-16-22(24)25/h1-20H;1-18H. The third kappa shape index (κ3) is 5.89. The third-order valence-corrected chi connectivity index (χ3v) is 11.1. The highest BCUT2D eigenvalue weighted by atomic mass is 14.2. The first kappa shape index (κ1) is 33.3. The highest BCUT2D eigenvalue weighted by Crippen LogP contribution is 2.45. The van der Waals surface area contributed by atoms with Crippen molar-refractivity contribution in [2.45, 2.75) is 0 Å². The number of hydrogen-bond acceptors (Lipinski definition) is 0. The predicted octanol–water partition coefficient (Wildman–Crippen LogP) is 15.8. The summed E-state index contributed by atoms with van der Waals surface area (Å²) >= 11 is 0. The van der Waals surface area contributed by atoms with E-state index in [2.05, 4.69) is 231 Å². The summed E-state index contributed by atoms with van der Waals surface area (Å²) in [5.41, 5.74) is 10.3. The Kier molecular flexibility index (Phi) is 8.63. The van der Waals surface area contributed by atoms with E-state index >= 15 is 0 Å². The van der Waals surface area contributed by atoms with Crippen LogP contribution >= 0.6 is 0 Å². The van der Waals surface area contributed by atoms with Crippen molar-refractivity contribution >= 4 is 53.9 Å². The van der Waals surface area contributed by atoms with Crippen molar-refractivity contribution in [3.05, 3.63) is 231 Å². The fourth-order valence-corrected chi connectivity index (χ4v) is 8.65. The first-order chi connectivity index (χ1) is 27.8. The number of hydrogen-bond donors (Lipinski definition) is 0. The summed E-state index contributed by atoms with van der Waals surface area (Å²) in [5.74, 6) is 0. The van der Waals surface area contributed by atoms with Gasteiger partial charge in [-0.25, -0.2) is 0 Å². The Morgan fingerprint density at radius 1 is 0.161 bits per heavy atom. The van der Waals surface area contributed by atoms with Gasteiger partial charge in [-0.05, 0) is 111 Å². The van der Waals surface area contributed by atoms with E-state index in [9.17, 15) is 0 Å². The van der Waals surface area contributed by atoms with Gasteiger partial charge in [-0.15, -0.1) is 0 Å². The molecule has 0 aromatic heterocycles. The maximum Gasteiger partial charge on any atom is -0.00262 e. The summed E-state index contributed by atoms with van der Waals surface area (Å²) in [6.45, 7) is 0. The molecular weight excluding hydrogens is 673 g/mol. The minimum absolute atomic E-state index is 1.26. The van der Waals surface area contributed by atoms with Gasteiger partial charge >= 0.3 is 0 Å². The summed E-state index contributed by atoms with van der Waals surface area (Å²) in [5, 5.41) is 13.0. The molecule has 0 radical (unpaired) electrons. The minimum atomic E-state index is 1.26. The molecule has 11 rings (SSSR count). The molecule has 0 atom stereocenters. The van der Waals surface area contributed by atoms with E-state index in [1.54, 1.807) is 0 Å². The van der Waals surface area contributed by atoms with Crippen LogP contribution in [0.25, 0.3) is 98.4 Å². The maximum atomic E-state index is 2.37. The molecule has 0 spiro atoms. The molecule has 0 aliphatic rings. The smallest absolute Gasteiger partial charge is 0.00262 e. The van der Waals surface area contributed by atoms with E-state index in [0.717, 1.165) is 0 Å². The highest BCUT2D eigenvalue weighted by Gasteiger charge is 2.18. The van der Waals surface area contributed by atoms with E-state index in [-0.39, 0.29) is 0 Å². The minimum Gasteiger partial charge on any atom is -0.0622 e. The van der Waals surface area contributed by atoms with Crippen molar-refractivity contribution in [1.82, 2.24) is 0 Å². The van der Waals surface area contributed by atoms with Gasteiger partial charge in [0.15, 0.2) is 0 Å². The summed E-state index contributed by atoms with van der Waals surface area (Å²) in [6.07, 6.45) is 0. The molecule has 0 aliphatic carbocycles. The molecular formula is C56H38. The lowest BCUT2D eigenvalue weighted by Gasteiger charge is -2.18. The molecule has 0 nitrogen and oxygen atoms in total. The first-order valence-electron chi connectivity index (χ1n) is 19.4. The lowest BCUT2D eigenvalue weighted by atomic mass is 9.85. The van der Waals surface area contributed by atoms with E-state index in [4.69, 9.17) is 0 Å². The van der Waals surface area contributed by atoms with Crippen LogP contribution in [0.4, 0.5) is 0 Å². The van der Waals surface area contributed by atoms with Crippen molar-refractivity contribution < 1.29 is 0 Å². The molecule has 0 heteroatoms. The molecule has 0 N–H and O–H groups in total. The second kappa shape index (κ2) is 14.5. The van der Waals surface area contributed by atoms with E-state index in [1.165, 1.54) is 98.4 Å². The van der Waals surface area contributed by atoms with Gasteiger partial charge in [-0.1, -0.05) is 218 Å². The first-order valence-corrected chi connectivity index (χ1v) is 19.4. The average Bonchev–Trinajstić information content (AvgIpc) is 3.28. The van der Waals surface area contributed by atoms with Crippen LogP contribution in [0.5, 0.6) is 0 Å². The Hall–Kier alpha value is -7.28. The summed E-state index contributed by atoms with van der Waals surface area (Å²) in [4.78, 5) is 0. The molecule has 262 valence electrons. The molecule has 11 aromatic carbocycles. The molecule has 0 fully saturated rings. The quantitative estimate of drug-likeness (QED) is 0.160. The van der Waals surface area contributed by atoms with Gasteiger partial charge in [0.05, 0.1) is 0 Å². The monoisotopic (exact) mass is 710 g/mol. The Balaban J connectivity index is 0.000000139. The molecule has 0 unspecified atom stereocenters. The van der Waals surface area contributed by atoms with Gasteiger partial charge in [0.2, 0.25) is 0 Å². The van der Waals surface area contributed by atoms with Gasteiger partial charge in [0, 0.05) is 0 Å². The van der Waals surface area contributed by atoms with Gasteiger partial charge in [-0.3, -0.25) is 0 Å². The van der Waals surface area contributed by atoms with Crippen LogP contribution in [-0.4, -0.2) is 0 Å². The van der Waals surface area contributed by atoms with Crippen LogP contribution in [0.3, 0.4) is 0 Å². The molecule has 0 heterocycles. The normalized spacial score (nSPS) is 11.2. The third-order valence-electron chi connectivity index (χ3n) is 11.1. The van der Waals surface area contributed by atoms with Crippen molar-refractivity contribution in [1.29, 1.82) is 0 Å². The SMILES string of the molecule is c1ccc(-c2c3ccccc3c(-c3ccccc3)c3cc4ccccc4cc23)cc1.c1ccc(-c2c3ccccc3c(-c3ccccc3)c3ccccc23)cc1. The maximum absolute atomic E-state index is 2.37. The number of rotatable bonds is 4. The molecule has 0 saturated carbocycles. The van der Waals surface area contributed by atoms with Crippen molar-refractivity contribution in [2.24, 2.45) is 0 Å². The molecule has 0 bridgehead atoms. The zero-order chi connectivity index (χ0) is 37.3. The van der Waals surface area contributed by atoms with Crippen molar-refractivity contribution in [2.75, 3.05) is 0 Å². The van der Waals surface area contributed by atoms with Crippen LogP contribution in [0, 0.1) is 0 Å². The van der Waals surface area contributed by atoms with E-state index in [0.29, 0.717) is 0 Å². The summed E-state index contributed by atoms with van der Waals surface area (Å²) in [6, 6.07) is 82.7. The second-order valence-corrected chi connectivity index (χ2v) is 14.3. The Labute approximate surface area is 327 Å². The van der Waals surface area contributed by atoms with Crippen LogP contribution in [-0.2, 0) is 0 Å². The Bertz CT molecular complexity index is 2870. The Morgan fingerprint density at radius 3 is 0.607 bits per heavy atom. The zero-order valence-electron chi connectivity index (χ0n) is 30.9. The molecule has 0 saturated heterocycles. The van der Waals surface area contributed by atoms with Crippen LogP contribution < -0.4 is 0 Å². The van der Waals surface area contributed by atoms with Crippen molar-refractivity contribution in [3.63, 3.8) is 0 Å². The van der Waals surface area contributed by atoms with Crippen LogP contribution in [0.15, 0.2) is 231 Å². The molecule has 0 aliphatic heterocycles. The molecule has 0 amide bonds. The number of benzene rings is 11. The highest BCUT2D eigenvalue weighted by molar-refractivity contribution is 6.24. The molecule has 56 heavy (non-hydrogen) atoms. The average molecular weight is 711 g/mol. The van der Waals surface area contributed by atoms with E-state index in [1.807, 2.05) is 0 Å². The zero-order valence-corrected chi connectivity index (χ0v) is 30.9.